The summed E-state index contributed by atoms with van der Waals surface area (Å²) in [6, 6.07) is 1.46. The molecule has 12 nitrogen and oxygen atoms in total. The van der Waals surface area contributed by atoms with Gasteiger partial charge in [0.25, 0.3) is 0 Å². The summed E-state index contributed by atoms with van der Waals surface area (Å²) in [7, 11) is -1.34. The maximum absolute atomic E-state index is 13.3. The maximum Gasteiger partial charge on any atom is 0.303 e. The summed E-state index contributed by atoms with van der Waals surface area (Å²) in [6.07, 6.45) is 11.4. The van der Waals surface area contributed by atoms with E-state index in [0.29, 0.717) is 17.7 Å². The average Bonchev–Trinajstić information content (AvgIpc) is 3.33. The number of pyridine rings is 1. The van der Waals surface area contributed by atoms with Gasteiger partial charge in [0.05, 0.1) is 29.3 Å². The maximum atomic E-state index is 13.3. The third-order valence-corrected chi connectivity index (χ3v) is 10.6. The Kier molecular flexibility index (Phi) is 11.1. The van der Waals surface area contributed by atoms with E-state index in [4.69, 9.17) is 11.6 Å². The number of aliphatic hydroxyl groups excluding tert-OH is 1. The highest BCUT2D eigenvalue weighted by atomic mass is 35.5. The number of nitrogens with zero attached hydrogens (tertiary/aromatic N) is 5. The minimum absolute atomic E-state index is 0.108. The first-order valence-electron chi connectivity index (χ1n) is 15.6. The SMILES string of the molecule is CC(C)n1c(Cl)nc2cnccc21.C[C@H]1CCCCC/C=C\[C@@H]2C[C@@]2(C(=O)NS(=O)(=O)N(C)C)CC(=O)[C@@H]2C[C@@H](O)CN2C1=O. The lowest BCUT2D eigenvalue weighted by Gasteiger charge is -2.28. The first-order chi connectivity index (χ1) is 21.2. The minimum Gasteiger partial charge on any atom is -0.391 e. The van der Waals surface area contributed by atoms with Gasteiger partial charge in [0, 0.05) is 51.6 Å². The summed E-state index contributed by atoms with van der Waals surface area (Å²) in [6.45, 7) is 6.11. The summed E-state index contributed by atoms with van der Waals surface area (Å²) in [5.74, 6) is -1.61. The van der Waals surface area contributed by atoms with E-state index in [9.17, 15) is 27.9 Å². The van der Waals surface area contributed by atoms with Crippen LogP contribution in [0.25, 0.3) is 11.0 Å². The molecule has 5 rings (SSSR count). The van der Waals surface area contributed by atoms with Crippen molar-refractivity contribution in [2.75, 3.05) is 20.6 Å². The number of aromatic nitrogens is 3. The Morgan fingerprint density at radius 2 is 1.96 bits per heavy atom. The topological polar surface area (TPSA) is 155 Å². The molecule has 2 aromatic rings. The third-order valence-electron chi connectivity index (χ3n) is 8.97. The molecule has 14 heteroatoms. The number of halogens is 1. The highest BCUT2D eigenvalue weighted by Gasteiger charge is 2.61. The Balaban J connectivity index is 0.000000293. The van der Waals surface area contributed by atoms with Crippen molar-refractivity contribution in [3.8, 4) is 0 Å². The van der Waals surface area contributed by atoms with Crippen molar-refractivity contribution in [3.63, 3.8) is 0 Å². The predicted octanol–water partition coefficient (Wildman–Crippen LogP) is 3.66. The first kappa shape index (κ1) is 35.0. The van der Waals surface area contributed by atoms with E-state index in [1.165, 1.54) is 19.0 Å². The van der Waals surface area contributed by atoms with Crippen LogP contribution in [-0.2, 0) is 24.6 Å². The van der Waals surface area contributed by atoms with Gasteiger partial charge in [-0.15, -0.1) is 0 Å². The lowest BCUT2D eigenvalue weighted by Crippen LogP contribution is -2.47. The number of hydrogen-bond donors (Lipinski definition) is 2. The van der Waals surface area contributed by atoms with E-state index in [2.05, 4.69) is 28.5 Å². The van der Waals surface area contributed by atoms with Gasteiger partial charge in [-0.1, -0.05) is 31.9 Å². The normalized spacial score (nSPS) is 28.5. The molecule has 0 aromatic carbocycles. The molecular formula is C31H45ClN6O6S. The van der Waals surface area contributed by atoms with Crippen LogP contribution in [0.2, 0.25) is 5.28 Å². The molecular weight excluding hydrogens is 620 g/mol. The fourth-order valence-corrected chi connectivity index (χ4v) is 7.20. The Morgan fingerprint density at radius 1 is 1.22 bits per heavy atom. The first-order valence-corrected chi connectivity index (χ1v) is 17.4. The molecule has 1 saturated heterocycles. The fraction of sp³-hybridized carbons (Fsp3) is 0.645. The van der Waals surface area contributed by atoms with Gasteiger partial charge in [-0.2, -0.15) is 12.7 Å². The molecule has 0 bridgehead atoms. The highest BCUT2D eigenvalue weighted by molar-refractivity contribution is 7.87. The summed E-state index contributed by atoms with van der Waals surface area (Å²) < 4.78 is 29.5. The summed E-state index contributed by atoms with van der Waals surface area (Å²) >= 11 is 5.99. The van der Waals surface area contributed by atoms with E-state index < -0.39 is 33.7 Å². The number of fused-ring (bicyclic) bond motifs is 3. The van der Waals surface area contributed by atoms with E-state index in [1.807, 2.05) is 29.7 Å². The van der Waals surface area contributed by atoms with Gasteiger partial charge < -0.3 is 14.6 Å². The number of hydrogen-bond acceptors (Lipinski definition) is 8. The molecule has 2 fully saturated rings. The monoisotopic (exact) mass is 664 g/mol. The predicted molar refractivity (Wildman–Crippen MR) is 171 cm³/mol. The minimum atomic E-state index is -3.99. The van der Waals surface area contributed by atoms with Crippen molar-refractivity contribution in [1.29, 1.82) is 0 Å². The smallest absolute Gasteiger partial charge is 0.303 e. The number of carbonyl (C=O) groups is 3. The molecule has 248 valence electrons. The van der Waals surface area contributed by atoms with Crippen molar-refractivity contribution in [2.45, 2.75) is 90.3 Å². The summed E-state index contributed by atoms with van der Waals surface area (Å²) in [5.41, 5.74) is 0.737. The van der Waals surface area contributed by atoms with Crippen molar-refractivity contribution in [1.82, 2.24) is 28.5 Å². The summed E-state index contributed by atoms with van der Waals surface area (Å²) in [4.78, 5) is 49.0. The number of Topliss-reactive ketones (excluding diaryl/α,β-unsaturated/α-hetero) is 1. The zero-order chi connectivity index (χ0) is 33.1. The number of carbonyl (C=O) groups excluding carboxylic acids is 3. The standard InChI is InChI=1S/C22H35N3O6S.C9H10ClN3/c1-15-9-7-5-4-6-8-10-16-12-22(16,21(29)23-32(30,31)24(2)3)13-19(27)18-11-17(26)14-25(18)20(15)28;1-6(2)13-8-3-4-11-5-7(8)12-9(13)10/h8,10,15-18,26H,4-7,9,11-14H2,1-3H3,(H,23,29);3-6H,1-2H3/b10-8-;/t15-,16+,17+,18-,22+;/m0./s1. The molecule has 2 amide bonds. The number of imidazole rings is 1. The molecule has 2 N–H and O–H groups in total. The fourth-order valence-electron chi connectivity index (χ4n) is 6.20. The number of nitrogens with one attached hydrogen (secondary N) is 1. The second-order valence-corrected chi connectivity index (χ2v) is 15.1. The number of ketones is 1. The molecule has 0 unspecified atom stereocenters. The molecule has 4 heterocycles. The number of aliphatic hydroxyl groups is 1. The number of rotatable bonds is 4. The van der Waals surface area contributed by atoms with Crippen molar-refractivity contribution in [2.24, 2.45) is 17.3 Å². The molecule has 2 aromatic heterocycles. The molecule has 1 saturated carbocycles. The molecule has 2 aliphatic heterocycles. The van der Waals surface area contributed by atoms with Crippen LogP contribution < -0.4 is 4.72 Å². The van der Waals surface area contributed by atoms with E-state index in [1.54, 1.807) is 12.4 Å². The highest BCUT2D eigenvalue weighted by Crippen LogP contribution is 2.57. The van der Waals surface area contributed by atoms with E-state index >= 15 is 0 Å². The van der Waals surface area contributed by atoms with Crippen LogP contribution >= 0.6 is 11.6 Å². The van der Waals surface area contributed by atoms with Gasteiger partial charge in [0.2, 0.25) is 17.1 Å². The molecule has 45 heavy (non-hydrogen) atoms. The van der Waals surface area contributed by atoms with Gasteiger partial charge >= 0.3 is 10.2 Å². The van der Waals surface area contributed by atoms with Crippen molar-refractivity contribution in [3.05, 3.63) is 35.9 Å². The quantitative estimate of drug-likeness (QED) is 0.470. The van der Waals surface area contributed by atoms with E-state index in [-0.39, 0.29) is 42.9 Å². The van der Waals surface area contributed by atoms with Crippen LogP contribution in [0.5, 0.6) is 0 Å². The largest absolute Gasteiger partial charge is 0.391 e. The van der Waals surface area contributed by atoms with Gasteiger partial charge in [-0.25, -0.2) is 9.71 Å². The lowest BCUT2D eigenvalue weighted by atomic mass is 9.91. The molecule has 3 aliphatic rings. The van der Waals surface area contributed by atoms with Crippen LogP contribution in [0.15, 0.2) is 30.6 Å². The van der Waals surface area contributed by atoms with Crippen molar-refractivity contribution >= 4 is 50.4 Å². The Labute approximate surface area is 270 Å². The Bertz CT molecular complexity index is 1540. The van der Waals surface area contributed by atoms with Crippen LogP contribution in [-0.4, -0.2) is 87.6 Å². The third kappa shape index (κ3) is 7.93. The van der Waals surface area contributed by atoms with Gasteiger partial charge in [0.15, 0.2) is 5.78 Å². The molecule has 0 spiro atoms. The van der Waals surface area contributed by atoms with Crippen LogP contribution in [0.3, 0.4) is 0 Å². The van der Waals surface area contributed by atoms with Crippen LogP contribution in [0.1, 0.15) is 78.2 Å². The number of allylic oxidation sites excluding steroid dienone is 2. The average molecular weight is 665 g/mol. The van der Waals surface area contributed by atoms with Gasteiger partial charge in [-0.05, 0) is 63.1 Å². The second-order valence-electron chi connectivity index (χ2n) is 12.9. The van der Waals surface area contributed by atoms with Gasteiger partial charge in [0.1, 0.15) is 5.52 Å². The van der Waals surface area contributed by atoms with Crippen molar-refractivity contribution < 1.29 is 27.9 Å². The summed E-state index contributed by atoms with van der Waals surface area (Å²) in [5, 5.41) is 10.7. The Morgan fingerprint density at radius 3 is 2.64 bits per heavy atom. The van der Waals surface area contributed by atoms with E-state index in [0.717, 1.165) is 47.4 Å². The molecule has 5 atom stereocenters. The van der Waals surface area contributed by atoms with Crippen LogP contribution in [0, 0.1) is 17.3 Å². The zero-order valence-corrected chi connectivity index (χ0v) is 28.2. The lowest BCUT2D eigenvalue weighted by molar-refractivity contribution is -0.141. The molecule has 0 radical (unpaired) electrons. The second kappa shape index (κ2) is 14.3. The van der Waals surface area contributed by atoms with Gasteiger partial charge in [-0.3, -0.25) is 19.4 Å². The molecule has 1 aliphatic carbocycles. The Hall–Kier alpha value is -2.87. The number of amides is 2. The zero-order valence-electron chi connectivity index (χ0n) is 26.6. The van der Waals surface area contributed by atoms with Crippen LogP contribution in [0.4, 0.5) is 0 Å².